The van der Waals surface area contributed by atoms with E-state index in [1.165, 1.54) is 25.7 Å². The number of unbranched alkanes of at least 4 members (excludes halogenated alkanes) is 4. The number of esters is 1. The van der Waals surface area contributed by atoms with Gasteiger partial charge in [0.2, 0.25) is 0 Å². The predicted octanol–water partition coefficient (Wildman–Crippen LogP) is 5.42. The molecule has 6 nitrogen and oxygen atoms in total. The lowest BCUT2D eigenvalue weighted by molar-refractivity contribution is -0.138. The molecule has 29 heavy (non-hydrogen) atoms. The summed E-state index contributed by atoms with van der Waals surface area (Å²) in [6.45, 7) is 6.93. The van der Waals surface area contributed by atoms with Crippen molar-refractivity contribution in [3.8, 4) is 22.9 Å². The monoisotopic (exact) mass is 400 g/mol. The highest BCUT2D eigenvalue weighted by atomic mass is 16.7. The molecule has 0 bridgehead atoms. The third-order valence-corrected chi connectivity index (χ3v) is 4.68. The lowest BCUT2D eigenvalue weighted by atomic mass is 10.1. The SMILES string of the molecule is CCCCCCCOCOc1cnc(-c2ccc(OC(=O)C(C)CC)cc2)nc1. The summed E-state index contributed by atoms with van der Waals surface area (Å²) in [5, 5.41) is 0. The largest absolute Gasteiger partial charge is 0.464 e. The van der Waals surface area contributed by atoms with E-state index in [2.05, 4.69) is 16.9 Å². The van der Waals surface area contributed by atoms with E-state index in [4.69, 9.17) is 14.2 Å². The van der Waals surface area contributed by atoms with Crippen LogP contribution in [0.5, 0.6) is 11.5 Å². The maximum Gasteiger partial charge on any atom is 0.314 e. The van der Waals surface area contributed by atoms with E-state index in [-0.39, 0.29) is 18.7 Å². The zero-order chi connectivity index (χ0) is 20.9. The average molecular weight is 401 g/mol. The third-order valence-electron chi connectivity index (χ3n) is 4.68. The number of nitrogens with zero attached hydrogens (tertiary/aromatic N) is 2. The Labute approximate surface area is 173 Å². The fourth-order valence-electron chi connectivity index (χ4n) is 2.57. The molecular formula is C23H32N2O4. The maximum atomic E-state index is 11.9. The summed E-state index contributed by atoms with van der Waals surface area (Å²) in [5.74, 6) is 1.33. The van der Waals surface area contributed by atoms with Crippen molar-refractivity contribution in [2.75, 3.05) is 13.4 Å². The molecule has 0 aliphatic heterocycles. The third kappa shape index (κ3) is 8.20. The summed E-state index contributed by atoms with van der Waals surface area (Å²) in [6.07, 6.45) is 10.1. The lowest BCUT2D eigenvalue weighted by Crippen LogP contribution is -2.16. The van der Waals surface area contributed by atoms with Crippen LogP contribution in [0.15, 0.2) is 36.7 Å². The van der Waals surface area contributed by atoms with E-state index < -0.39 is 0 Å². The van der Waals surface area contributed by atoms with Crippen molar-refractivity contribution in [3.05, 3.63) is 36.7 Å². The molecule has 1 aromatic heterocycles. The minimum absolute atomic E-state index is 0.115. The first-order chi connectivity index (χ1) is 14.1. The van der Waals surface area contributed by atoms with Crippen LogP contribution in [0.1, 0.15) is 59.3 Å². The summed E-state index contributed by atoms with van der Waals surface area (Å²) in [7, 11) is 0. The summed E-state index contributed by atoms with van der Waals surface area (Å²) in [5.41, 5.74) is 0.836. The first-order valence-corrected chi connectivity index (χ1v) is 10.5. The van der Waals surface area contributed by atoms with Crippen LogP contribution in [-0.4, -0.2) is 29.3 Å². The van der Waals surface area contributed by atoms with Crippen molar-refractivity contribution in [1.82, 2.24) is 9.97 Å². The second-order valence-corrected chi connectivity index (χ2v) is 7.08. The van der Waals surface area contributed by atoms with Crippen molar-refractivity contribution in [3.63, 3.8) is 0 Å². The molecule has 0 aliphatic rings. The molecule has 1 heterocycles. The fraction of sp³-hybridized carbons (Fsp3) is 0.522. The average Bonchev–Trinajstić information content (AvgIpc) is 2.76. The second kappa shape index (κ2) is 12.9. The molecule has 0 saturated carbocycles. The van der Waals surface area contributed by atoms with Crippen molar-refractivity contribution in [2.45, 2.75) is 59.3 Å². The molecule has 0 radical (unpaired) electrons. The van der Waals surface area contributed by atoms with E-state index in [9.17, 15) is 4.79 Å². The van der Waals surface area contributed by atoms with Gasteiger partial charge in [0.25, 0.3) is 0 Å². The number of carbonyl (C=O) groups is 1. The standard InChI is InChI=1S/C23H32N2O4/c1-4-6-7-8-9-14-27-17-28-21-15-24-22(25-16-21)19-10-12-20(13-11-19)29-23(26)18(3)5-2/h10-13,15-16,18H,4-9,14,17H2,1-3H3. The van der Waals surface area contributed by atoms with Gasteiger partial charge in [0.05, 0.1) is 24.9 Å². The molecular weight excluding hydrogens is 368 g/mol. The van der Waals surface area contributed by atoms with Crippen LogP contribution in [0.4, 0.5) is 0 Å². The smallest absolute Gasteiger partial charge is 0.314 e. The van der Waals surface area contributed by atoms with Gasteiger partial charge < -0.3 is 14.2 Å². The van der Waals surface area contributed by atoms with Crippen molar-refractivity contribution in [2.24, 2.45) is 5.92 Å². The second-order valence-electron chi connectivity index (χ2n) is 7.08. The summed E-state index contributed by atoms with van der Waals surface area (Å²) < 4.78 is 16.4. The van der Waals surface area contributed by atoms with Crippen LogP contribution in [0, 0.1) is 5.92 Å². The van der Waals surface area contributed by atoms with Crippen LogP contribution in [0.2, 0.25) is 0 Å². The molecule has 0 fully saturated rings. The van der Waals surface area contributed by atoms with Crippen LogP contribution in [0.25, 0.3) is 11.4 Å². The molecule has 0 spiro atoms. The highest BCUT2D eigenvalue weighted by molar-refractivity contribution is 5.74. The summed E-state index contributed by atoms with van der Waals surface area (Å²) >= 11 is 0. The normalized spacial score (nSPS) is 11.8. The molecule has 1 aromatic carbocycles. The topological polar surface area (TPSA) is 70.5 Å². The van der Waals surface area contributed by atoms with Crippen LogP contribution >= 0.6 is 0 Å². The number of rotatable bonds is 13. The highest BCUT2D eigenvalue weighted by Gasteiger charge is 2.13. The van der Waals surface area contributed by atoms with Crippen LogP contribution in [-0.2, 0) is 9.53 Å². The number of hydrogen-bond acceptors (Lipinski definition) is 6. The number of ether oxygens (including phenoxy) is 3. The Hall–Kier alpha value is -2.47. The predicted molar refractivity (Wildman–Crippen MR) is 113 cm³/mol. The van der Waals surface area contributed by atoms with Gasteiger partial charge in [0.15, 0.2) is 18.4 Å². The van der Waals surface area contributed by atoms with E-state index in [0.717, 1.165) is 18.4 Å². The molecule has 2 aromatic rings. The minimum Gasteiger partial charge on any atom is -0.464 e. The van der Waals surface area contributed by atoms with Crippen molar-refractivity contribution in [1.29, 1.82) is 0 Å². The molecule has 0 amide bonds. The van der Waals surface area contributed by atoms with Gasteiger partial charge in [-0.2, -0.15) is 0 Å². The molecule has 1 atom stereocenters. The van der Waals surface area contributed by atoms with E-state index in [0.29, 0.717) is 23.9 Å². The Balaban J connectivity index is 1.76. The van der Waals surface area contributed by atoms with Gasteiger partial charge in [-0.15, -0.1) is 0 Å². The zero-order valence-electron chi connectivity index (χ0n) is 17.7. The lowest BCUT2D eigenvalue weighted by Gasteiger charge is -2.09. The van der Waals surface area contributed by atoms with E-state index in [1.54, 1.807) is 24.5 Å². The Kier molecular flexibility index (Phi) is 10.1. The Morgan fingerprint density at radius 2 is 1.66 bits per heavy atom. The van der Waals surface area contributed by atoms with Crippen LogP contribution in [0.3, 0.4) is 0 Å². The van der Waals surface area contributed by atoms with Gasteiger partial charge in [0.1, 0.15) is 5.75 Å². The number of hydrogen-bond donors (Lipinski definition) is 0. The minimum atomic E-state index is -0.221. The quantitative estimate of drug-likeness (QED) is 0.194. The van der Waals surface area contributed by atoms with Crippen molar-refractivity contribution >= 4 is 5.97 Å². The van der Waals surface area contributed by atoms with Crippen LogP contribution < -0.4 is 9.47 Å². The van der Waals surface area contributed by atoms with Gasteiger partial charge in [-0.3, -0.25) is 4.79 Å². The number of carbonyl (C=O) groups excluding carboxylic acids is 1. The van der Waals surface area contributed by atoms with Gasteiger partial charge in [-0.05, 0) is 37.1 Å². The molecule has 158 valence electrons. The van der Waals surface area contributed by atoms with Gasteiger partial charge in [0, 0.05) is 5.56 Å². The summed E-state index contributed by atoms with van der Waals surface area (Å²) in [4.78, 5) is 20.5. The summed E-state index contributed by atoms with van der Waals surface area (Å²) in [6, 6.07) is 7.16. The maximum absolute atomic E-state index is 11.9. The van der Waals surface area contributed by atoms with Gasteiger partial charge >= 0.3 is 5.97 Å². The molecule has 6 heteroatoms. The first kappa shape index (κ1) is 22.8. The molecule has 0 N–H and O–H groups in total. The van der Waals surface area contributed by atoms with Gasteiger partial charge in [-0.25, -0.2) is 9.97 Å². The molecule has 1 unspecified atom stereocenters. The molecule has 0 aliphatic carbocycles. The molecule has 0 saturated heterocycles. The Bertz CT molecular complexity index is 717. The molecule has 2 rings (SSSR count). The Morgan fingerprint density at radius 3 is 2.31 bits per heavy atom. The number of aromatic nitrogens is 2. The van der Waals surface area contributed by atoms with E-state index >= 15 is 0 Å². The Morgan fingerprint density at radius 1 is 0.966 bits per heavy atom. The number of benzene rings is 1. The highest BCUT2D eigenvalue weighted by Crippen LogP contribution is 2.21. The first-order valence-electron chi connectivity index (χ1n) is 10.5. The van der Waals surface area contributed by atoms with Gasteiger partial charge in [-0.1, -0.05) is 46.5 Å². The fourth-order valence-corrected chi connectivity index (χ4v) is 2.57. The van der Waals surface area contributed by atoms with Crippen molar-refractivity contribution < 1.29 is 19.0 Å². The van der Waals surface area contributed by atoms with E-state index in [1.807, 2.05) is 26.0 Å². The zero-order valence-corrected chi connectivity index (χ0v) is 17.7.